The van der Waals surface area contributed by atoms with Gasteiger partial charge in [-0.1, -0.05) is 50.6 Å². The third kappa shape index (κ3) is 3.11. The van der Waals surface area contributed by atoms with Crippen LogP contribution in [0.25, 0.3) is 0 Å². The van der Waals surface area contributed by atoms with Crippen LogP contribution in [0.2, 0.25) is 0 Å². The molecule has 0 aliphatic heterocycles. The van der Waals surface area contributed by atoms with E-state index in [9.17, 15) is 0 Å². The first-order valence-corrected chi connectivity index (χ1v) is 8.12. The van der Waals surface area contributed by atoms with Crippen LogP contribution in [0.5, 0.6) is 0 Å². The van der Waals surface area contributed by atoms with Gasteiger partial charge in [-0.15, -0.1) is 11.3 Å². The first kappa shape index (κ1) is 15.2. The molecular formula is C17H24N2S. The second kappa shape index (κ2) is 7.02. The Morgan fingerprint density at radius 1 is 1.20 bits per heavy atom. The summed E-state index contributed by atoms with van der Waals surface area (Å²) in [6.45, 7) is 6.72. The van der Waals surface area contributed by atoms with Gasteiger partial charge in [-0.25, -0.2) is 0 Å². The summed E-state index contributed by atoms with van der Waals surface area (Å²) in [7, 11) is 0. The molecule has 0 radical (unpaired) electrons. The topological polar surface area (TPSA) is 38.0 Å². The molecule has 3 heteroatoms. The number of hydrazine groups is 1. The van der Waals surface area contributed by atoms with Crippen molar-refractivity contribution >= 4 is 11.3 Å². The van der Waals surface area contributed by atoms with Gasteiger partial charge in [-0.2, -0.15) is 0 Å². The summed E-state index contributed by atoms with van der Waals surface area (Å²) >= 11 is 1.78. The van der Waals surface area contributed by atoms with Gasteiger partial charge < -0.3 is 0 Å². The highest BCUT2D eigenvalue weighted by atomic mass is 32.1. The standard InChI is InChI=1S/C17H24N2S/c1-4-12(2)16(14-8-6-5-7-9-14)17(19-18)15-10-11-20-13(15)3/h5-12,16-17,19H,4,18H2,1-3H3. The molecule has 1 aromatic carbocycles. The van der Waals surface area contributed by atoms with Crippen molar-refractivity contribution in [2.24, 2.45) is 11.8 Å². The molecule has 2 nitrogen and oxygen atoms in total. The zero-order chi connectivity index (χ0) is 14.5. The Labute approximate surface area is 126 Å². The van der Waals surface area contributed by atoms with E-state index < -0.39 is 0 Å². The molecule has 2 aromatic rings. The maximum Gasteiger partial charge on any atom is 0.0541 e. The highest BCUT2D eigenvalue weighted by Gasteiger charge is 2.29. The van der Waals surface area contributed by atoms with Gasteiger partial charge >= 0.3 is 0 Å². The lowest BCUT2D eigenvalue weighted by molar-refractivity contribution is 0.343. The number of nitrogens with one attached hydrogen (secondary N) is 1. The molecule has 0 bridgehead atoms. The molecule has 3 unspecified atom stereocenters. The van der Waals surface area contributed by atoms with E-state index in [4.69, 9.17) is 5.84 Å². The number of thiophene rings is 1. The van der Waals surface area contributed by atoms with E-state index in [-0.39, 0.29) is 6.04 Å². The van der Waals surface area contributed by atoms with E-state index in [1.807, 2.05) is 0 Å². The third-order valence-corrected chi connectivity index (χ3v) is 5.08. The van der Waals surface area contributed by atoms with Crippen LogP contribution < -0.4 is 11.3 Å². The van der Waals surface area contributed by atoms with Crippen molar-refractivity contribution in [1.29, 1.82) is 0 Å². The van der Waals surface area contributed by atoms with Crippen molar-refractivity contribution in [3.05, 3.63) is 57.8 Å². The van der Waals surface area contributed by atoms with E-state index in [0.29, 0.717) is 11.8 Å². The molecule has 1 heterocycles. The molecule has 2 rings (SSSR count). The zero-order valence-electron chi connectivity index (χ0n) is 12.5. The second-order valence-electron chi connectivity index (χ2n) is 5.40. The van der Waals surface area contributed by atoms with Crippen molar-refractivity contribution in [2.45, 2.75) is 39.2 Å². The van der Waals surface area contributed by atoms with Crippen LogP contribution in [0.15, 0.2) is 41.8 Å². The average molecular weight is 288 g/mol. The maximum absolute atomic E-state index is 5.92. The van der Waals surface area contributed by atoms with Crippen molar-refractivity contribution in [1.82, 2.24) is 5.43 Å². The molecule has 0 saturated carbocycles. The van der Waals surface area contributed by atoms with Gasteiger partial charge in [0.2, 0.25) is 0 Å². The largest absolute Gasteiger partial charge is 0.271 e. The van der Waals surface area contributed by atoms with E-state index in [2.05, 4.69) is 68.0 Å². The van der Waals surface area contributed by atoms with Crippen LogP contribution in [-0.2, 0) is 0 Å². The second-order valence-corrected chi connectivity index (χ2v) is 6.52. The van der Waals surface area contributed by atoms with E-state index in [1.54, 1.807) is 11.3 Å². The SMILES string of the molecule is CCC(C)C(c1ccccc1)C(NN)c1ccsc1C. The molecule has 108 valence electrons. The molecule has 20 heavy (non-hydrogen) atoms. The quantitative estimate of drug-likeness (QED) is 0.611. The van der Waals surface area contributed by atoms with Crippen molar-refractivity contribution < 1.29 is 0 Å². The minimum absolute atomic E-state index is 0.165. The van der Waals surface area contributed by atoms with Crippen LogP contribution in [0, 0.1) is 12.8 Å². The molecule has 0 amide bonds. The minimum Gasteiger partial charge on any atom is -0.271 e. The molecule has 3 atom stereocenters. The summed E-state index contributed by atoms with van der Waals surface area (Å²) in [5.74, 6) is 6.87. The van der Waals surface area contributed by atoms with Gasteiger partial charge in [0.15, 0.2) is 0 Å². The summed E-state index contributed by atoms with van der Waals surface area (Å²) in [6, 6.07) is 13.1. The summed E-state index contributed by atoms with van der Waals surface area (Å²) < 4.78 is 0. The molecule has 0 fully saturated rings. The van der Waals surface area contributed by atoms with E-state index in [1.165, 1.54) is 16.0 Å². The van der Waals surface area contributed by atoms with E-state index >= 15 is 0 Å². The van der Waals surface area contributed by atoms with Crippen molar-refractivity contribution in [2.75, 3.05) is 0 Å². The Hall–Kier alpha value is -1.16. The van der Waals surface area contributed by atoms with Gasteiger partial charge in [-0.05, 0) is 35.4 Å². The molecule has 0 aliphatic carbocycles. The summed E-state index contributed by atoms with van der Waals surface area (Å²) in [4.78, 5) is 1.34. The van der Waals surface area contributed by atoms with Crippen molar-refractivity contribution in [3.63, 3.8) is 0 Å². The van der Waals surface area contributed by atoms with Gasteiger partial charge in [0.25, 0.3) is 0 Å². The molecule has 0 saturated heterocycles. The lowest BCUT2D eigenvalue weighted by Crippen LogP contribution is -2.35. The molecule has 1 aromatic heterocycles. The Kier molecular flexibility index (Phi) is 5.35. The monoisotopic (exact) mass is 288 g/mol. The number of hydrogen-bond acceptors (Lipinski definition) is 3. The average Bonchev–Trinajstić information content (AvgIpc) is 2.90. The third-order valence-electron chi connectivity index (χ3n) is 4.21. The minimum atomic E-state index is 0.165. The van der Waals surface area contributed by atoms with Crippen LogP contribution in [0.1, 0.15) is 48.2 Å². The van der Waals surface area contributed by atoms with Crippen LogP contribution in [0.3, 0.4) is 0 Å². The Morgan fingerprint density at radius 3 is 2.40 bits per heavy atom. The van der Waals surface area contributed by atoms with Crippen LogP contribution >= 0.6 is 11.3 Å². The first-order valence-electron chi connectivity index (χ1n) is 7.24. The summed E-state index contributed by atoms with van der Waals surface area (Å²) in [5.41, 5.74) is 5.75. The lowest BCUT2D eigenvalue weighted by atomic mass is 9.78. The van der Waals surface area contributed by atoms with Gasteiger partial charge in [-0.3, -0.25) is 11.3 Å². The van der Waals surface area contributed by atoms with E-state index in [0.717, 1.165) is 6.42 Å². The zero-order valence-corrected chi connectivity index (χ0v) is 13.3. The number of hydrogen-bond donors (Lipinski definition) is 2. The number of rotatable bonds is 6. The van der Waals surface area contributed by atoms with Gasteiger partial charge in [0.1, 0.15) is 0 Å². The number of aryl methyl sites for hydroxylation is 1. The Morgan fingerprint density at radius 2 is 1.90 bits per heavy atom. The smallest absolute Gasteiger partial charge is 0.0541 e. The normalized spacial score (nSPS) is 15.8. The molecule has 0 aliphatic rings. The summed E-state index contributed by atoms with van der Waals surface area (Å²) in [5, 5.41) is 2.15. The molecule has 0 spiro atoms. The fourth-order valence-corrected chi connectivity index (χ4v) is 3.63. The predicted octanol–water partition coefficient (Wildman–Crippen LogP) is 4.39. The lowest BCUT2D eigenvalue weighted by Gasteiger charge is -2.32. The van der Waals surface area contributed by atoms with Crippen LogP contribution in [0.4, 0.5) is 0 Å². The maximum atomic E-state index is 5.92. The predicted molar refractivity (Wildman–Crippen MR) is 87.8 cm³/mol. The summed E-state index contributed by atoms with van der Waals surface area (Å²) in [6.07, 6.45) is 1.14. The van der Waals surface area contributed by atoms with Crippen LogP contribution in [-0.4, -0.2) is 0 Å². The highest BCUT2D eigenvalue weighted by Crippen LogP contribution is 2.39. The number of nitrogens with two attached hydrogens (primary N) is 1. The van der Waals surface area contributed by atoms with Crippen molar-refractivity contribution in [3.8, 4) is 0 Å². The Bertz CT molecular complexity index is 521. The highest BCUT2D eigenvalue weighted by molar-refractivity contribution is 7.10. The first-order chi connectivity index (χ1) is 9.69. The number of benzene rings is 1. The molecular weight excluding hydrogens is 264 g/mol. The Balaban J connectivity index is 2.42. The fourth-order valence-electron chi connectivity index (χ4n) is 2.88. The fraction of sp³-hybridized carbons (Fsp3) is 0.412. The van der Waals surface area contributed by atoms with Gasteiger partial charge in [0, 0.05) is 10.8 Å². The van der Waals surface area contributed by atoms with Gasteiger partial charge in [0.05, 0.1) is 6.04 Å². The molecule has 3 N–H and O–H groups in total.